The fraction of sp³-hybridized carbons (Fsp3) is 0.333. The molecule has 1 aromatic carbocycles. The Morgan fingerprint density at radius 1 is 0.783 bits per heavy atom. The Balaban J connectivity index is 0.000000185. The van der Waals surface area contributed by atoms with Gasteiger partial charge in [-0.15, -0.1) is 11.4 Å². The molecule has 1 saturated carbocycles. The molecule has 0 spiro atoms. The number of hydrogen-bond acceptors (Lipinski definition) is 2. The summed E-state index contributed by atoms with van der Waals surface area (Å²) < 4.78 is 0. The van der Waals surface area contributed by atoms with Crippen LogP contribution in [-0.4, -0.2) is 12.1 Å². The molecule has 2 aliphatic heterocycles. The summed E-state index contributed by atoms with van der Waals surface area (Å²) in [5.41, 5.74) is 13.3. The summed E-state index contributed by atoms with van der Waals surface area (Å²) in [7, 11) is 0. The summed E-state index contributed by atoms with van der Waals surface area (Å²) >= 11 is 0. The monoisotopic (exact) mass is 489 g/mol. The molecule has 2 unspecified atom stereocenters. The summed E-state index contributed by atoms with van der Waals surface area (Å²) in [5, 5.41) is 11.0. The van der Waals surface area contributed by atoms with Crippen molar-refractivity contribution in [2.75, 3.05) is 0 Å². The van der Waals surface area contributed by atoms with E-state index < -0.39 is 0 Å². The van der Waals surface area contributed by atoms with Gasteiger partial charge in [0.2, 0.25) is 0 Å². The zero-order valence-corrected chi connectivity index (χ0v) is 15.2. The van der Waals surface area contributed by atoms with Crippen molar-refractivity contribution in [1.82, 2.24) is 0 Å². The molecule has 1 aromatic rings. The van der Waals surface area contributed by atoms with Crippen LogP contribution in [0, 0.1) is 0 Å². The maximum Gasteiger partial charge on any atom is 2.00 e. The summed E-state index contributed by atoms with van der Waals surface area (Å²) in [6, 6.07) is 4.71. The Labute approximate surface area is 151 Å². The minimum absolute atomic E-state index is 0. The van der Waals surface area contributed by atoms with Gasteiger partial charge >= 0.3 is 21.1 Å². The van der Waals surface area contributed by atoms with Gasteiger partial charge in [-0.2, -0.15) is 12.4 Å². The van der Waals surface area contributed by atoms with Crippen LogP contribution < -0.4 is 21.9 Å². The number of benzene rings is 1. The quantitative estimate of drug-likeness (QED) is 0.588. The number of nitrogens with zero attached hydrogens (tertiary/aromatic N) is 2. The number of fused-ring (bicyclic) bond motifs is 3. The van der Waals surface area contributed by atoms with Gasteiger partial charge in [-0.25, -0.2) is 0 Å². The predicted octanol–water partition coefficient (Wildman–Crippen LogP) is 2.53. The van der Waals surface area contributed by atoms with E-state index >= 15 is 0 Å². The molecule has 4 N–H and O–H groups in total. The number of allylic oxidation sites excluding steroid dienone is 2. The van der Waals surface area contributed by atoms with E-state index in [1.807, 2.05) is 12.2 Å². The molecule has 2 atom stereocenters. The molecular formula is C18H22N4Pt. The van der Waals surface area contributed by atoms with Crippen LogP contribution in [-0.2, 0) is 21.1 Å². The first kappa shape index (κ1) is 18.0. The van der Waals surface area contributed by atoms with Crippen LogP contribution in [0.4, 0.5) is 11.4 Å². The SMILES string of the molecule is C1=C[N-]c2c3c(ccc2=C1)=CC=C[N-]3.NC1CCCCC1N.[Pt+2]. The third kappa shape index (κ3) is 4.35. The van der Waals surface area contributed by atoms with Crippen LogP contribution in [0.3, 0.4) is 0 Å². The second kappa shape index (κ2) is 8.49. The Hall–Kier alpha value is -1.35. The topological polar surface area (TPSA) is 80.2 Å². The minimum Gasteiger partial charge on any atom is -0.665 e. The largest absolute Gasteiger partial charge is 2.00 e. The van der Waals surface area contributed by atoms with Gasteiger partial charge in [-0.05, 0) is 23.3 Å². The standard InChI is InChI=1S/C12H8N2.C6H14N2.Pt/c1-3-9-5-6-10-4-2-8-14-12(10)11(9)13-7-1;7-5-3-1-2-4-6(5)8;/h1-8H;5-6H,1-4,7-8H2;/q-2;;+2. The fourth-order valence-corrected chi connectivity index (χ4v) is 2.87. The number of nitrogens with two attached hydrogens (primary N) is 2. The van der Waals surface area contributed by atoms with E-state index in [0.717, 1.165) is 34.7 Å². The van der Waals surface area contributed by atoms with Gasteiger partial charge in [-0.3, -0.25) is 0 Å². The van der Waals surface area contributed by atoms with Gasteiger partial charge in [0, 0.05) is 12.1 Å². The Kier molecular flexibility index (Phi) is 6.64. The first-order valence-corrected chi connectivity index (χ1v) is 7.85. The average Bonchev–Trinajstić information content (AvgIpc) is 2.58. The van der Waals surface area contributed by atoms with Gasteiger partial charge in [-0.1, -0.05) is 49.3 Å². The van der Waals surface area contributed by atoms with Crippen LogP contribution in [0.15, 0.2) is 36.7 Å². The van der Waals surface area contributed by atoms with Crippen molar-refractivity contribution in [1.29, 1.82) is 0 Å². The van der Waals surface area contributed by atoms with Crippen molar-refractivity contribution in [3.05, 3.63) is 57.8 Å². The van der Waals surface area contributed by atoms with E-state index in [1.165, 1.54) is 12.8 Å². The Morgan fingerprint density at radius 2 is 1.22 bits per heavy atom. The van der Waals surface area contributed by atoms with E-state index in [0.29, 0.717) is 0 Å². The van der Waals surface area contributed by atoms with Gasteiger partial charge in [0.25, 0.3) is 0 Å². The minimum atomic E-state index is 0. The smallest absolute Gasteiger partial charge is 0.665 e. The van der Waals surface area contributed by atoms with E-state index in [-0.39, 0.29) is 33.1 Å². The van der Waals surface area contributed by atoms with Gasteiger partial charge in [0.1, 0.15) is 0 Å². The molecule has 0 radical (unpaired) electrons. The third-order valence-corrected chi connectivity index (χ3v) is 4.22. The molecule has 4 rings (SSSR count). The maximum absolute atomic E-state index is 5.65. The number of hydrogen-bond donors (Lipinski definition) is 2. The summed E-state index contributed by atoms with van der Waals surface area (Å²) in [6.07, 6.45) is 16.4. The molecule has 23 heavy (non-hydrogen) atoms. The van der Waals surface area contributed by atoms with E-state index in [4.69, 9.17) is 11.5 Å². The van der Waals surface area contributed by atoms with Crippen LogP contribution in [0.2, 0.25) is 0 Å². The van der Waals surface area contributed by atoms with Crippen LogP contribution in [0.25, 0.3) is 22.8 Å². The molecule has 4 nitrogen and oxygen atoms in total. The zero-order chi connectivity index (χ0) is 15.4. The van der Waals surface area contributed by atoms with Gasteiger partial charge in [0.05, 0.1) is 0 Å². The molecule has 0 saturated heterocycles. The van der Waals surface area contributed by atoms with Crippen molar-refractivity contribution in [2.45, 2.75) is 37.8 Å². The van der Waals surface area contributed by atoms with E-state index in [2.05, 4.69) is 34.9 Å². The summed E-state index contributed by atoms with van der Waals surface area (Å²) in [4.78, 5) is 0. The van der Waals surface area contributed by atoms with E-state index in [9.17, 15) is 0 Å². The van der Waals surface area contributed by atoms with Crippen molar-refractivity contribution in [2.24, 2.45) is 11.5 Å². The molecule has 3 aliphatic rings. The average molecular weight is 489 g/mol. The third-order valence-electron chi connectivity index (χ3n) is 4.22. The molecule has 1 aliphatic carbocycles. The first-order chi connectivity index (χ1) is 10.8. The number of rotatable bonds is 0. The second-order valence-corrected chi connectivity index (χ2v) is 5.83. The molecule has 124 valence electrons. The molecule has 0 amide bonds. The zero-order valence-electron chi connectivity index (χ0n) is 13.0. The predicted molar refractivity (Wildman–Crippen MR) is 93.4 cm³/mol. The fourth-order valence-electron chi connectivity index (χ4n) is 2.87. The van der Waals surface area contributed by atoms with Gasteiger partial charge < -0.3 is 22.1 Å². The first-order valence-electron chi connectivity index (χ1n) is 7.85. The Bertz CT molecular complexity index is 647. The molecule has 0 aromatic heterocycles. The normalized spacial score (nSPS) is 23.2. The summed E-state index contributed by atoms with van der Waals surface area (Å²) in [6.45, 7) is 0. The maximum atomic E-state index is 5.65. The van der Waals surface area contributed by atoms with Crippen molar-refractivity contribution >= 4 is 23.5 Å². The van der Waals surface area contributed by atoms with Crippen molar-refractivity contribution < 1.29 is 21.1 Å². The molecular weight excluding hydrogens is 467 g/mol. The van der Waals surface area contributed by atoms with E-state index in [1.54, 1.807) is 12.4 Å². The molecule has 5 heteroatoms. The van der Waals surface area contributed by atoms with Crippen LogP contribution in [0.5, 0.6) is 0 Å². The Morgan fingerprint density at radius 3 is 1.61 bits per heavy atom. The molecule has 2 heterocycles. The van der Waals surface area contributed by atoms with Crippen molar-refractivity contribution in [3.63, 3.8) is 0 Å². The molecule has 0 bridgehead atoms. The second-order valence-electron chi connectivity index (χ2n) is 5.83. The van der Waals surface area contributed by atoms with Gasteiger partial charge in [0.15, 0.2) is 0 Å². The molecule has 1 fully saturated rings. The van der Waals surface area contributed by atoms with Crippen LogP contribution >= 0.6 is 0 Å². The summed E-state index contributed by atoms with van der Waals surface area (Å²) in [5.74, 6) is 0. The van der Waals surface area contributed by atoms with Crippen molar-refractivity contribution in [3.8, 4) is 0 Å². The van der Waals surface area contributed by atoms with Crippen LogP contribution in [0.1, 0.15) is 25.7 Å².